The lowest BCUT2D eigenvalue weighted by molar-refractivity contribution is -0.116. The molecule has 150 valence electrons. The van der Waals surface area contributed by atoms with E-state index >= 15 is 0 Å². The molecule has 3 rings (SSSR count). The predicted octanol–water partition coefficient (Wildman–Crippen LogP) is 4.03. The second kappa shape index (κ2) is 8.90. The zero-order chi connectivity index (χ0) is 20.1. The van der Waals surface area contributed by atoms with Crippen LogP contribution < -0.4 is 15.4 Å². The maximum absolute atomic E-state index is 13.3. The van der Waals surface area contributed by atoms with Crippen LogP contribution in [0.1, 0.15) is 24.0 Å². The maximum atomic E-state index is 13.3. The van der Waals surface area contributed by atoms with E-state index in [-0.39, 0.29) is 18.3 Å². The molecule has 0 aliphatic carbocycles. The second-order valence-electron chi connectivity index (χ2n) is 6.90. The fourth-order valence-corrected chi connectivity index (χ4v) is 3.58. The summed E-state index contributed by atoms with van der Waals surface area (Å²) < 4.78 is 24.1. The summed E-state index contributed by atoms with van der Waals surface area (Å²) in [7, 11) is 1.53. The Kier molecular flexibility index (Phi) is 6.54. The number of anilines is 1. The molecule has 0 aromatic heterocycles. The number of methoxy groups -OCH3 is 1. The Morgan fingerprint density at radius 2 is 1.93 bits per heavy atom. The van der Waals surface area contributed by atoms with Gasteiger partial charge in [-0.25, -0.2) is 4.39 Å². The van der Waals surface area contributed by atoms with E-state index < -0.39 is 5.54 Å². The molecule has 1 fully saturated rings. The summed E-state index contributed by atoms with van der Waals surface area (Å²) in [5.74, 6) is 0.0187. The third-order valence-electron chi connectivity index (χ3n) is 5.09. The van der Waals surface area contributed by atoms with Gasteiger partial charge in [0.2, 0.25) is 5.91 Å². The third kappa shape index (κ3) is 4.63. The Balaban J connectivity index is 1.72. The van der Waals surface area contributed by atoms with Gasteiger partial charge in [0.15, 0.2) is 0 Å². The molecule has 28 heavy (non-hydrogen) atoms. The van der Waals surface area contributed by atoms with Crippen molar-refractivity contribution in [2.45, 2.75) is 25.3 Å². The minimum Gasteiger partial charge on any atom is -0.495 e. The number of ether oxygens (including phenoxy) is 2. The molecule has 2 N–H and O–H groups in total. The van der Waals surface area contributed by atoms with Crippen molar-refractivity contribution in [2.24, 2.45) is 0 Å². The van der Waals surface area contributed by atoms with Gasteiger partial charge < -0.3 is 14.8 Å². The number of carbonyl (C=O) groups is 1. The molecule has 0 saturated carbocycles. The van der Waals surface area contributed by atoms with Gasteiger partial charge >= 0.3 is 0 Å². The van der Waals surface area contributed by atoms with E-state index in [2.05, 4.69) is 10.6 Å². The van der Waals surface area contributed by atoms with Crippen molar-refractivity contribution in [1.82, 2.24) is 5.32 Å². The number of nitrogens with one attached hydrogen (secondary N) is 2. The van der Waals surface area contributed by atoms with Gasteiger partial charge in [0.1, 0.15) is 11.6 Å². The van der Waals surface area contributed by atoms with Crippen LogP contribution in [0.3, 0.4) is 0 Å². The van der Waals surface area contributed by atoms with Crippen LogP contribution in [0.2, 0.25) is 5.02 Å². The maximum Gasteiger partial charge on any atom is 0.238 e. The molecular weight excluding hydrogens is 383 g/mol. The van der Waals surface area contributed by atoms with E-state index in [1.165, 1.54) is 19.2 Å². The monoisotopic (exact) mass is 406 g/mol. The van der Waals surface area contributed by atoms with Gasteiger partial charge in [-0.2, -0.15) is 0 Å². The number of halogens is 2. The molecule has 0 spiro atoms. The zero-order valence-electron chi connectivity index (χ0n) is 16.0. The highest BCUT2D eigenvalue weighted by molar-refractivity contribution is 6.31. The first-order valence-electron chi connectivity index (χ1n) is 9.16. The SMILES string of the molecule is COc1cc(Cl)c(C)cc1NC(=O)CNC1(c2ccc(F)cc2)CCOCC1. The average Bonchev–Trinajstić information content (AvgIpc) is 2.70. The van der Waals surface area contributed by atoms with Gasteiger partial charge in [-0.3, -0.25) is 10.1 Å². The number of amides is 1. The summed E-state index contributed by atoms with van der Waals surface area (Å²) in [6, 6.07) is 9.86. The van der Waals surface area contributed by atoms with E-state index in [1.807, 2.05) is 6.92 Å². The number of hydrogen-bond donors (Lipinski definition) is 2. The molecule has 1 aliphatic heterocycles. The lowest BCUT2D eigenvalue weighted by Gasteiger charge is -2.38. The Hall–Kier alpha value is -2.15. The molecular formula is C21H24ClFN2O3. The number of rotatable bonds is 6. The van der Waals surface area contributed by atoms with Crippen LogP contribution in [0, 0.1) is 12.7 Å². The standard InChI is InChI=1S/C21H24ClFN2O3/c1-14-11-18(19(27-2)12-17(14)22)25-20(26)13-24-21(7-9-28-10-8-21)15-3-5-16(23)6-4-15/h3-6,11-12,24H,7-10,13H2,1-2H3,(H,25,26). The molecule has 1 saturated heterocycles. The van der Waals surface area contributed by atoms with Gasteiger partial charge in [-0.05, 0) is 49.1 Å². The molecule has 0 bridgehead atoms. The second-order valence-corrected chi connectivity index (χ2v) is 7.31. The summed E-state index contributed by atoms with van der Waals surface area (Å²) >= 11 is 6.12. The number of carbonyl (C=O) groups excluding carboxylic acids is 1. The minimum absolute atomic E-state index is 0.0994. The van der Waals surface area contributed by atoms with Crippen LogP contribution >= 0.6 is 11.6 Å². The lowest BCUT2D eigenvalue weighted by Crippen LogP contribution is -2.49. The van der Waals surface area contributed by atoms with E-state index in [9.17, 15) is 9.18 Å². The summed E-state index contributed by atoms with van der Waals surface area (Å²) in [4.78, 5) is 12.6. The Morgan fingerprint density at radius 3 is 2.57 bits per heavy atom. The highest BCUT2D eigenvalue weighted by atomic mass is 35.5. The Bertz CT molecular complexity index is 836. The number of benzene rings is 2. The number of hydrogen-bond acceptors (Lipinski definition) is 4. The van der Waals surface area contributed by atoms with Crippen molar-refractivity contribution in [3.05, 3.63) is 58.4 Å². The minimum atomic E-state index is -0.427. The molecule has 1 heterocycles. The van der Waals surface area contributed by atoms with E-state index in [4.69, 9.17) is 21.1 Å². The fourth-order valence-electron chi connectivity index (χ4n) is 3.43. The van der Waals surface area contributed by atoms with Gasteiger partial charge in [-0.1, -0.05) is 23.7 Å². The summed E-state index contributed by atoms with van der Waals surface area (Å²) in [6.07, 6.45) is 1.41. The van der Waals surface area contributed by atoms with Crippen molar-refractivity contribution in [2.75, 3.05) is 32.2 Å². The van der Waals surface area contributed by atoms with Crippen LogP contribution in [-0.4, -0.2) is 32.8 Å². The molecule has 2 aromatic carbocycles. The highest BCUT2D eigenvalue weighted by Crippen LogP contribution is 2.33. The van der Waals surface area contributed by atoms with Crippen LogP contribution in [0.5, 0.6) is 5.75 Å². The van der Waals surface area contributed by atoms with Gasteiger partial charge in [0.05, 0.1) is 19.3 Å². The Labute approximate surface area is 169 Å². The van der Waals surface area contributed by atoms with Crippen LogP contribution in [0.15, 0.2) is 36.4 Å². The van der Waals surface area contributed by atoms with Crippen molar-refractivity contribution in [3.63, 3.8) is 0 Å². The molecule has 0 unspecified atom stereocenters. The molecule has 0 atom stereocenters. The molecule has 1 amide bonds. The first kappa shape index (κ1) is 20.6. The summed E-state index contributed by atoms with van der Waals surface area (Å²) in [5.41, 5.74) is 1.94. The molecule has 2 aromatic rings. The van der Waals surface area contributed by atoms with Crippen molar-refractivity contribution < 1.29 is 18.7 Å². The van der Waals surface area contributed by atoms with Crippen molar-refractivity contribution >= 4 is 23.2 Å². The molecule has 5 nitrogen and oxygen atoms in total. The first-order chi connectivity index (χ1) is 13.4. The predicted molar refractivity (Wildman–Crippen MR) is 108 cm³/mol. The number of aryl methyl sites for hydroxylation is 1. The fraction of sp³-hybridized carbons (Fsp3) is 0.381. The largest absolute Gasteiger partial charge is 0.495 e. The summed E-state index contributed by atoms with van der Waals surface area (Å²) in [5, 5.41) is 6.82. The zero-order valence-corrected chi connectivity index (χ0v) is 16.7. The van der Waals surface area contributed by atoms with E-state index in [1.54, 1.807) is 24.3 Å². The van der Waals surface area contributed by atoms with Crippen LogP contribution in [0.4, 0.5) is 10.1 Å². The van der Waals surface area contributed by atoms with Gasteiger partial charge in [-0.15, -0.1) is 0 Å². The molecule has 7 heteroatoms. The lowest BCUT2D eigenvalue weighted by atomic mass is 9.82. The molecule has 1 aliphatic rings. The van der Waals surface area contributed by atoms with Gasteiger partial charge in [0, 0.05) is 29.8 Å². The van der Waals surface area contributed by atoms with Crippen molar-refractivity contribution in [3.8, 4) is 5.75 Å². The van der Waals surface area contributed by atoms with E-state index in [0.29, 0.717) is 42.5 Å². The van der Waals surface area contributed by atoms with Crippen molar-refractivity contribution in [1.29, 1.82) is 0 Å². The smallest absolute Gasteiger partial charge is 0.238 e. The highest BCUT2D eigenvalue weighted by Gasteiger charge is 2.34. The van der Waals surface area contributed by atoms with E-state index in [0.717, 1.165) is 11.1 Å². The first-order valence-corrected chi connectivity index (χ1v) is 9.54. The van der Waals surface area contributed by atoms with Crippen LogP contribution in [0.25, 0.3) is 0 Å². The topological polar surface area (TPSA) is 59.6 Å². The summed E-state index contributed by atoms with van der Waals surface area (Å²) in [6.45, 7) is 3.12. The Morgan fingerprint density at radius 1 is 1.25 bits per heavy atom. The molecule has 0 radical (unpaired) electrons. The average molecular weight is 407 g/mol. The van der Waals surface area contributed by atoms with Crippen LogP contribution in [-0.2, 0) is 15.1 Å². The third-order valence-corrected chi connectivity index (χ3v) is 5.49. The quantitative estimate of drug-likeness (QED) is 0.760. The normalized spacial score (nSPS) is 15.9. The van der Waals surface area contributed by atoms with Gasteiger partial charge in [0.25, 0.3) is 0 Å².